The minimum absolute atomic E-state index is 0.266. The molecule has 3 nitrogen and oxygen atoms in total. The lowest BCUT2D eigenvalue weighted by Gasteiger charge is -2.18. The summed E-state index contributed by atoms with van der Waals surface area (Å²) in [6.07, 6.45) is 5.98. The van der Waals surface area contributed by atoms with E-state index in [9.17, 15) is 0 Å². The van der Waals surface area contributed by atoms with Gasteiger partial charge in [-0.25, -0.2) is 0 Å². The SMILES string of the molecule is COc1c(C)c(C/C=C(\C)CCCCO)c(OC)c2ccccc12. The highest BCUT2D eigenvalue weighted by molar-refractivity contribution is 5.96. The number of rotatable bonds is 8. The van der Waals surface area contributed by atoms with Crippen molar-refractivity contribution in [3.05, 3.63) is 47.0 Å². The molecule has 3 heteroatoms. The highest BCUT2D eigenvalue weighted by Crippen LogP contribution is 2.40. The molecule has 0 aromatic heterocycles. The second kappa shape index (κ2) is 8.74. The summed E-state index contributed by atoms with van der Waals surface area (Å²) in [6, 6.07) is 8.20. The fourth-order valence-corrected chi connectivity index (χ4v) is 3.19. The molecule has 0 radical (unpaired) electrons. The first kappa shape index (κ1) is 18.3. The van der Waals surface area contributed by atoms with Crippen LogP contribution in [0.1, 0.15) is 37.3 Å². The predicted octanol–water partition coefficient (Wildman–Crippen LogP) is 4.82. The van der Waals surface area contributed by atoms with Gasteiger partial charge in [0.15, 0.2) is 0 Å². The van der Waals surface area contributed by atoms with Crippen molar-refractivity contribution in [1.29, 1.82) is 0 Å². The van der Waals surface area contributed by atoms with Crippen LogP contribution in [0.15, 0.2) is 35.9 Å². The normalized spacial score (nSPS) is 11.8. The molecule has 0 aliphatic carbocycles. The summed E-state index contributed by atoms with van der Waals surface area (Å²) in [5.41, 5.74) is 3.65. The molecule has 2 aromatic carbocycles. The fraction of sp³-hybridized carbons (Fsp3) is 0.429. The number of ether oxygens (including phenoxy) is 2. The van der Waals surface area contributed by atoms with E-state index in [1.54, 1.807) is 14.2 Å². The molecule has 0 aliphatic rings. The first-order valence-corrected chi connectivity index (χ1v) is 8.52. The van der Waals surface area contributed by atoms with Crippen LogP contribution in [0.5, 0.6) is 11.5 Å². The van der Waals surface area contributed by atoms with Crippen LogP contribution in [-0.2, 0) is 6.42 Å². The van der Waals surface area contributed by atoms with Crippen LogP contribution in [-0.4, -0.2) is 25.9 Å². The Kier molecular flexibility index (Phi) is 6.68. The molecule has 2 rings (SSSR count). The van der Waals surface area contributed by atoms with Gasteiger partial charge in [-0.2, -0.15) is 0 Å². The van der Waals surface area contributed by atoms with Gasteiger partial charge in [-0.15, -0.1) is 0 Å². The molecule has 0 amide bonds. The predicted molar refractivity (Wildman–Crippen MR) is 100 cm³/mol. The molecule has 0 spiro atoms. The smallest absolute Gasteiger partial charge is 0.130 e. The number of fused-ring (bicyclic) bond motifs is 1. The van der Waals surface area contributed by atoms with Gasteiger partial charge in [-0.1, -0.05) is 35.9 Å². The summed E-state index contributed by atoms with van der Waals surface area (Å²) in [5.74, 6) is 1.86. The molecule has 0 unspecified atom stereocenters. The van der Waals surface area contributed by atoms with Crippen molar-refractivity contribution in [2.45, 2.75) is 39.5 Å². The van der Waals surface area contributed by atoms with E-state index in [4.69, 9.17) is 14.6 Å². The molecule has 24 heavy (non-hydrogen) atoms. The van der Waals surface area contributed by atoms with Gasteiger partial charge in [0.2, 0.25) is 0 Å². The van der Waals surface area contributed by atoms with Crippen molar-refractivity contribution in [3.63, 3.8) is 0 Å². The van der Waals surface area contributed by atoms with E-state index in [0.717, 1.165) is 53.5 Å². The van der Waals surface area contributed by atoms with E-state index >= 15 is 0 Å². The Labute approximate surface area is 144 Å². The van der Waals surface area contributed by atoms with Crippen molar-refractivity contribution >= 4 is 10.8 Å². The van der Waals surface area contributed by atoms with Crippen LogP contribution in [0, 0.1) is 6.92 Å². The van der Waals surface area contributed by atoms with Gasteiger partial charge in [-0.3, -0.25) is 0 Å². The number of benzene rings is 2. The Balaban J connectivity index is 2.42. The van der Waals surface area contributed by atoms with Crippen LogP contribution in [0.3, 0.4) is 0 Å². The number of hydrogen-bond acceptors (Lipinski definition) is 3. The molecule has 0 saturated heterocycles. The number of unbranched alkanes of at least 4 members (excludes halogenated alkanes) is 1. The van der Waals surface area contributed by atoms with Gasteiger partial charge in [0, 0.05) is 22.9 Å². The Bertz CT molecular complexity index is 717. The summed E-state index contributed by atoms with van der Waals surface area (Å²) in [4.78, 5) is 0. The third kappa shape index (κ3) is 3.90. The lowest BCUT2D eigenvalue weighted by atomic mass is 9.95. The van der Waals surface area contributed by atoms with Crippen molar-refractivity contribution in [2.75, 3.05) is 20.8 Å². The second-order valence-corrected chi connectivity index (χ2v) is 6.15. The number of allylic oxidation sites excluding steroid dienone is 2. The maximum atomic E-state index is 8.90. The molecule has 0 atom stereocenters. The molecule has 1 N–H and O–H groups in total. The van der Waals surface area contributed by atoms with E-state index in [0.29, 0.717) is 0 Å². The zero-order chi connectivity index (χ0) is 17.5. The summed E-state index contributed by atoms with van der Waals surface area (Å²) >= 11 is 0. The van der Waals surface area contributed by atoms with E-state index in [1.807, 2.05) is 12.1 Å². The van der Waals surface area contributed by atoms with Crippen LogP contribution in [0.2, 0.25) is 0 Å². The quantitative estimate of drug-likeness (QED) is 0.558. The fourth-order valence-electron chi connectivity index (χ4n) is 3.19. The van der Waals surface area contributed by atoms with Gasteiger partial charge in [-0.05, 0) is 45.1 Å². The van der Waals surface area contributed by atoms with Crippen LogP contribution in [0.4, 0.5) is 0 Å². The van der Waals surface area contributed by atoms with Gasteiger partial charge >= 0.3 is 0 Å². The van der Waals surface area contributed by atoms with Crippen molar-refractivity contribution in [3.8, 4) is 11.5 Å². The summed E-state index contributed by atoms with van der Waals surface area (Å²) in [6.45, 7) is 4.51. The molecule has 2 aromatic rings. The molecule has 0 fully saturated rings. The van der Waals surface area contributed by atoms with Gasteiger partial charge in [0.1, 0.15) is 11.5 Å². The van der Waals surface area contributed by atoms with E-state index < -0.39 is 0 Å². The zero-order valence-electron chi connectivity index (χ0n) is 15.2. The van der Waals surface area contributed by atoms with E-state index in [2.05, 4.69) is 32.1 Å². The summed E-state index contributed by atoms with van der Waals surface area (Å²) < 4.78 is 11.4. The first-order chi connectivity index (χ1) is 11.6. The number of aliphatic hydroxyl groups is 1. The Hall–Kier alpha value is -2.00. The lowest BCUT2D eigenvalue weighted by molar-refractivity contribution is 0.284. The molecular weight excluding hydrogens is 300 g/mol. The zero-order valence-corrected chi connectivity index (χ0v) is 15.2. The van der Waals surface area contributed by atoms with Crippen molar-refractivity contribution in [1.82, 2.24) is 0 Å². The first-order valence-electron chi connectivity index (χ1n) is 8.52. The maximum Gasteiger partial charge on any atom is 0.130 e. The van der Waals surface area contributed by atoms with Crippen molar-refractivity contribution < 1.29 is 14.6 Å². The topological polar surface area (TPSA) is 38.7 Å². The molecule has 0 heterocycles. The van der Waals surface area contributed by atoms with Gasteiger partial charge in [0.25, 0.3) is 0 Å². The van der Waals surface area contributed by atoms with Gasteiger partial charge < -0.3 is 14.6 Å². The highest BCUT2D eigenvalue weighted by Gasteiger charge is 2.17. The third-order valence-electron chi connectivity index (χ3n) is 4.53. The Morgan fingerprint density at radius 2 is 1.67 bits per heavy atom. The number of hydrogen-bond donors (Lipinski definition) is 1. The monoisotopic (exact) mass is 328 g/mol. The number of aliphatic hydroxyl groups excluding tert-OH is 1. The average Bonchev–Trinajstić information content (AvgIpc) is 2.60. The standard InChI is InChI=1S/C21H28O3/c1-15(9-7-8-14-22)12-13-17-16(2)20(23-3)18-10-5-6-11-19(18)21(17)24-4/h5-6,10-12,22H,7-9,13-14H2,1-4H3/b15-12+. The second-order valence-electron chi connectivity index (χ2n) is 6.15. The molecule has 0 aliphatic heterocycles. The molecule has 0 saturated carbocycles. The summed E-state index contributed by atoms with van der Waals surface area (Å²) in [5, 5.41) is 11.1. The lowest BCUT2D eigenvalue weighted by Crippen LogP contribution is -2.00. The minimum atomic E-state index is 0.266. The molecule has 130 valence electrons. The Morgan fingerprint density at radius 1 is 1.04 bits per heavy atom. The Morgan fingerprint density at radius 3 is 2.25 bits per heavy atom. The van der Waals surface area contributed by atoms with Crippen molar-refractivity contribution in [2.24, 2.45) is 0 Å². The van der Waals surface area contributed by atoms with Crippen LogP contribution < -0.4 is 9.47 Å². The summed E-state index contributed by atoms with van der Waals surface area (Å²) in [7, 11) is 3.45. The average molecular weight is 328 g/mol. The van der Waals surface area contributed by atoms with E-state index in [-0.39, 0.29) is 6.61 Å². The molecular formula is C21H28O3. The number of methoxy groups -OCH3 is 2. The molecule has 0 bridgehead atoms. The van der Waals surface area contributed by atoms with Gasteiger partial charge in [0.05, 0.1) is 14.2 Å². The largest absolute Gasteiger partial charge is 0.496 e. The highest BCUT2D eigenvalue weighted by atomic mass is 16.5. The maximum absolute atomic E-state index is 8.90. The van der Waals surface area contributed by atoms with Crippen LogP contribution >= 0.6 is 0 Å². The van der Waals surface area contributed by atoms with Crippen LogP contribution in [0.25, 0.3) is 10.8 Å². The minimum Gasteiger partial charge on any atom is -0.496 e. The van der Waals surface area contributed by atoms with E-state index in [1.165, 1.54) is 11.1 Å². The third-order valence-corrected chi connectivity index (χ3v) is 4.53.